The zero-order chi connectivity index (χ0) is 41.7. The molecule has 0 bridgehead atoms. The van der Waals surface area contributed by atoms with Gasteiger partial charge in [-0.15, -0.1) is 11.3 Å². The second-order valence-corrected chi connectivity index (χ2v) is 17.5. The van der Waals surface area contributed by atoms with E-state index in [0.29, 0.717) is 0 Å². The number of rotatable bonds is 8. The van der Waals surface area contributed by atoms with Gasteiger partial charge in [-0.1, -0.05) is 194 Å². The lowest BCUT2D eigenvalue weighted by atomic mass is 9.67. The van der Waals surface area contributed by atoms with Gasteiger partial charge in [0.05, 0.1) is 5.41 Å². The minimum Gasteiger partial charge on any atom is -0.310 e. The Labute approximate surface area is 372 Å². The Kier molecular flexibility index (Phi) is 8.98. The predicted octanol–water partition coefficient (Wildman–Crippen LogP) is 16.9. The van der Waals surface area contributed by atoms with Crippen LogP contribution in [-0.2, 0) is 5.41 Å². The van der Waals surface area contributed by atoms with Gasteiger partial charge >= 0.3 is 0 Å². The van der Waals surface area contributed by atoms with Crippen molar-refractivity contribution < 1.29 is 0 Å². The summed E-state index contributed by atoms with van der Waals surface area (Å²) in [4.78, 5) is 2.40. The molecule has 0 saturated carbocycles. The van der Waals surface area contributed by atoms with Gasteiger partial charge in [0.1, 0.15) is 0 Å². The number of fused-ring (bicyclic) bond motifs is 6. The summed E-state index contributed by atoms with van der Waals surface area (Å²) in [6.07, 6.45) is 0. The predicted molar refractivity (Wildman–Crippen MR) is 268 cm³/mol. The second kappa shape index (κ2) is 15.3. The third kappa shape index (κ3) is 6.14. The zero-order valence-corrected chi connectivity index (χ0v) is 35.3. The highest BCUT2D eigenvalue weighted by Gasteiger charge is 2.46. The molecule has 0 aliphatic heterocycles. The summed E-state index contributed by atoms with van der Waals surface area (Å²) in [5.74, 6) is 0. The Morgan fingerprint density at radius 3 is 1.52 bits per heavy atom. The van der Waals surface area contributed by atoms with Crippen molar-refractivity contribution in [1.29, 1.82) is 0 Å². The van der Waals surface area contributed by atoms with E-state index < -0.39 is 5.41 Å². The lowest BCUT2D eigenvalue weighted by molar-refractivity contribution is 0.768. The minimum atomic E-state index is -0.427. The van der Waals surface area contributed by atoms with E-state index in [-0.39, 0.29) is 0 Å². The summed E-state index contributed by atoms with van der Waals surface area (Å²) >= 11 is 1.86. The molecule has 0 N–H and O–H groups in total. The van der Waals surface area contributed by atoms with Gasteiger partial charge in [0.2, 0.25) is 0 Å². The van der Waals surface area contributed by atoms with E-state index in [0.717, 1.165) is 17.1 Å². The number of nitrogens with zero attached hydrogens (tertiary/aromatic N) is 1. The van der Waals surface area contributed by atoms with E-state index in [1.165, 1.54) is 86.9 Å². The van der Waals surface area contributed by atoms with Gasteiger partial charge in [-0.25, -0.2) is 0 Å². The molecule has 1 heterocycles. The first-order valence-corrected chi connectivity index (χ1v) is 22.5. The smallest absolute Gasteiger partial charge is 0.0713 e. The summed E-state index contributed by atoms with van der Waals surface area (Å²) in [6.45, 7) is 0. The van der Waals surface area contributed by atoms with Crippen LogP contribution in [0.3, 0.4) is 0 Å². The molecule has 0 amide bonds. The summed E-state index contributed by atoms with van der Waals surface area (Å²) in [5.41, 5.74) is 17.8. The van der Waals surface area contributed by atoms with Crippen LogP contribution in [0, 0.1) is 0 Å². The van der Waals surface area contributed by atoms with Crippen LogP contribution in [0.2, 0.25) is 0 Å². The highest BCUT2D eigenvalue weighted by atomic mass is 32.1. The fraction of sp³-hybridized carbons (Fsp3) is 0.0164. The topological polar surface area (TPSA) is 3.24 Å². The average molecular weight is 820 g/mol. The number of anilines is 3. The Morgan fingerprint density at radius 1 is 0.302 bits per heavy atom. The highest BCUT2D eigenvalue weighted by molar-refractivity contribution is 7.25. The molecule has 0 fully saturated rings. The van der Waals surface area contributed by atoms with Crippen molar-refractivity contribution in [2.75, 3.05) is 4.90 Å². The third-order valence-electron chi connectivity index (χ3n) is 12.9. The molecule has 1 aromatic heterocycles. The molecule has 2 heteroatoms. The fourth-order valence-corrected chi connectivity index (χ4v) is 11.3. The number of benzene rings is 10. The molecule has 1 aliphatic rings. The summed E-state index contributed by atoms with van der Waals surface area (Å²) in [7, 11) is 0. The molecule has 12 rings (SSSR count). The Balaban J connectivity index is 0.993. The molecule has 0 atom stereocenters. The monoisotopic (exact) mass is 819 g/mol. The molecular weight excluding hydrogens is 779 g/mol. The quantitative estimate of drug-likeness (QED) is 0.148. The lowest BCUT2D eigenvalue weighted by Crippen LogP contribution is -2.28. The molecule has 11 aromatic rings. The van der Waals surface area contributed by atoms with Crippen molar-refractivity contribution in [2.24, 2.45) is 0 Å². The maximum Gasteiger partial charge on any atom is 0.0713 e. The fourth-order valence-electron chi connectivity index (χ4n) is 10.2. The lowest BCUT2D eigenvalue weighted by Gasteiger charge is -2.33. The first-order chi connectivity index (χ1) is 31.2. The van der Waals surface area contributed by atoms with Crippen LogP contribution < -0.4 is 4.90 Å². The van der Waals surface area contributed by atoms with Crippen molar-refractivity contribution in [3.8, 4) is 44.5 Å². The first-order valence-electron chi connectivity index (χ1n) is 21.7. The standard InChI is InChI=1S/C61H41NS/c1-4-17-42(18-5-1)44-19-14-25-50(39-44)62(49-36-33-43(34-37-49)52-29-16-32-59-60(52)54-28-11-13-31-58(54)63-59)51-26-15-20-45(40-51)46-35-38-57-55(41-46)53-27-10-12-30-56(53)61(57,47-21-6-2-7-22-47)48-23-8-3-9-24-48/h1-41H. The van der Waals surface area contributed by atoms with Crippen molar-refractivity contribution in [3.63, 3.8) is 0 Å². The van der Waals surface area contributed by atoms with Gasteiger partial charge < -0.3 is 4.90 Å². The largest absolute Gasteiger partial charge is 0.310 e. The number of hydrogen-bond acceptors (Lipinski definition) is 2. The first kappa shape index (κ1) is 37.0. The molecule has 0 unspecified atom stereocenters. The molecule has 10 aromatic carbocycles. The molecule has 1 aliphatic carbocycles. The van der Waals surface area contributed by atoms with Crippen LogP contribution in [0.25, 0.3) is 64.7 Å². The van der Waals surface area contributed by atoms with E-state index in [4.69, 9.17) is 0 Å². The molecule has 0 saturated heterocycles. The van der Waals surface area contributed by atoms with Crippen LogP contribution >= 0.6 is 11.3 Å². The SMILES string of the molecule is c1ccc(-c2cccc(N(c3ccc(-c4cccc5sc6ccccc6c45)cc3)c3cccc(-c4ccc5c(c4)-c4ccccc4C5(c4ccccc4)c4ccccc4)c3)c2)cc1. The van der Waals surface area contributed by atoms with Crippen LogP contribution in [0.1, 0.15) is 22.3 Å². The second-order valence-electron chi connectivity index (χ2n) is 16.4. The number of hydrogen-bond donors (Lipinski definition) is 0. The maximum absolute atomic E-state index is 2.42. The Bertz CT molecular complexity index is 3400. The Hall–Kier alpha value is -7.78. The Morgan fingerprint density at radius 2 is 0.810 bits per heavy atom. The van der Waals surface area contributed by atoms with Crippen LogP contribution in [0.15, 0.2) is 249 Å². The van der Waals surface area contributed by atoms with Crippen molar-refractivity contribution in [3.05, 3.63) is 271 Å². The molecule has 0 radical (unpaired) electrons. The van der Waals surface area contributed by atoms with E-state index in [2.05, 4.69) is 254 Å². The summed E-state index contributed by atoms with van der Waals surface area (Å²) in [6, 6.07) is 91.4. The van der Waals surface area contributed by atoms with Crippen LogP contribution in [0.4, 0.5) is 17.1 Å². The van der Waals surface area contributed by atoms with Gasteiger partial charge in [0.25, 0.3) is 0 Å². The average Bonchev–Trinajstić information content (AvgIpc) is 3.89. The molecule has 296 valence electrons. The molecule has 63 heavy (non-hydrogen) atoms. The van der Waals surface area contributed by atoms with E-state index in [1.54, 1.807) is 0 Å². The van der Waals surface area contributed by atoms with Crippen molar-refractivity contribution in [1.82, 2.24) is 0 Å². The van der Waals surface area contributed by atoms with E-state index in [9.17, 15) is 0 Å². The van der Waals surface area contributed by atoms with E-state index >= 15 is 0 Å². The molecular formula is C61H41NS. The van der Waals surface area contributed by atoms with E-state index in [1.807, 2.05) is 11.3 Å². The van der Waals surface area contributed by atoms with Gasteiger partial charge in [0, 0.05) is 37.2 Å². The minimum absolute atomic E-state index is 0.427. The van der Waals surface area contributed by atoms with Crippen LogP contribution in [0.5, 0.6) is 0 Å². The van der Waals surface area contributed by atoms with Crippen molar-refractivity contribution in [2.45, 2.75) is 5.41 Å². The number of thiophene rings is 1. The summed E-state index contributed by atoms with van der Waals surface area (Å²) < 4.78 is 2.63. The van der Waals surface area contributed by atoms with Gasteiger partial charge in [0.15, 0.2) is 0 Å². The molecule has 0 spiro atoms. The highest BCUT2D eigenvalue weighted by Crippen LogP contribution is 2.56. The van der Waals surface area contributed by atoms with Crippen molar-refractivity contribution >= 4 is 48.6 Å². The van der Waals surface area contributed by atoms with Crippen LogP contribution in [-0.4, -0.2) is 0 Å². The normalized spacial score (nSPS) is 12.6. The summed E-state index contributed by atoms with van der Waals surface area (Å²) in [5, 5.41) is 2.64. The zero-order valence-electron chi connectivity index (χ0n) is 34.5. The maximum atomic E-state index is 2.42. The third-order valence-corrected chi connectivity index (χ3v) is 14.1. The van der Waals surface area contributed by atoms with Gasteiger partial charge in [-0.05, 0) is 121 Å². The van der Waals surface area contributed by atoms with Gasteiger partial charge in [-0.2, -0.15) is 0 Å². The van der Waals surface area contributed by atoms with Gasteiger partial charge in [-0.3, -0.25) is 0 Å². The molecule has 1 nitrogen and oxygen atoms in total.